The molecule has 7 heteroatoms. The van der Waals surface area contributed by atoms with Gasteiger partial charge in [-0.2, -0.15) is 0 Å². The van der Waals surface area contributed by atoms with Gasteiger partial charge in [0.25, 0.3) is 5.91 Å². The Morgan fingerprint density at radius 2 is 2.04 bits per heavy atom. The van der Waals surface area contributed by atoms with E-state index in [4.69, 9.17) is 4.74 Å². The Balaban J connectivity index is 1.71. The van der Waals surface area contributed by atoms with E-state index in [0.717, 1.165) is 57.9 Å². The van der Waals surface area contributed by atoms with Crippen LogP contribution in [-0.2, 0) is 10.2 Å². The van der Waals surface area contributed by atoms with Crippen molar-refractivity contribution < 1.29 is 9.53 Å². The first-order valence-electron chi connectivity index (χ1n) is 10.3. The zero-order valence-electron chi connectivity index (χ0n) is 18.0. The fraction of sp³-hybridized carbons (Fsp3) is 0.762. The zero-order chi connectivity index (χ0) is 20.4. The number of piperidine rings is 1. The van der Waals surface area contributed by atoms with Gasteiger partial charge in [-0.25, -0.2) is 9.97 Å². The summed E-state index contributed by atoms with van der Waals surface area (Å²) in [5.41, 5.74) is 0.402. The lowest BCUT2D eigenvalue weighted by Gasteiger charge is -2.48. The second-order valence-electron chi connectivity index (χ2n) is 9.26. The highest BCUT2D eigenvalue weighted by Crippen LogP contribution is 2.36. The first-order valence-corrected chi connectivity index (χ1v) is 10.3. The van der Waals surface area contributed by atoms with Crippen LogP contribution < -0.4 is 5.32 Å². The number of ether oxygens (including phenoxy) is 1. The Labute approximate surface area is 168 Å². The molecule has 7 nitrogen and oxygen atoms in total. The lowest BCUT2D eigenvalue weighted by atomic mass is 9.82. The van der Waals surface area contributed by atoms with Gasteiger partial charge in [-0.3, -0.25) is 14.6 Å². The summed E-state index contributed by atoms with van der Waals surface area (Å²) in [4.78, 5) is 26.6. The Bertz CT molecular complexity index is 672. The van der Waals surface area contributed by atoms with Crippen LogP contribution in [0.15, 0.2) is 12.4 Å². The van der Waals surface area contributed by atoms with Crippen LogP contribution in [0.4, 0.5) is 0 Å². The molecular weight excluding hydrogens is 354 g/mol. The van der Waals surface area contributed by atoms with Gasteiger partial charge in [0.2, 0.25) is 0 Å². The number of carbonyl (C=O) groups excluding carboxylic acids is 1. The maximum atomic E-state index is 12.9. The van der Waals surface area contributed by atoms with Crippen LogP contribution in [0.25, 0.3) is 0 Å². The molecule has 2 atom stereocenters. The third-order valence-electron chi connectivity index (χ3n) is 6.25. The quantitative estimate of drug-likeness (QED) is 0.826. The molecule has 0 aliphatic carbocycles. The number of likely N-dealkylation sites (tertiary alicyclic amines) is 2. The summed E-state index contributed by atoms with van der Waals surface area (Å²) in [6.45, 7) is 11.0. The smallest absolute Gasteiger partial charge is 0.254 e. The number of likely N-dealkylation sites (N-methyl/N-ethyl adjacent to an activating group) is 1. The Kier molecular flexibility index (Phi) is 6.37. The lowest BCUT2D eigenvalue weighted by molar-refractivity contribution is 0.0279. The summed E-state index contributed by atoms with van der Waals surface area (Å²) in [5.74, 6) is 0.677. The molecule has 156 valence electrons. The number of carbonyl (C=O) groups is 1. The number of nitrogens with zero attached hydrogens (tertiary/aromatic N) is 4. The van der Waals surface area contributed by atoms with E-state index in [1.165, 1.54) is 0 Å². The molecule has 0 saturated carbocycles. The molecule has 3 heterocycles. The number of methoxy groups -OCH3 is 1. The van der Waals surface area contributed by atoms with E-state index in [1.54, 1.807) is 19.5 Å². The SMILES string of the molecule is COCCN1CCCC2(C1)C(NC(=O)c1cnc(C(C)(C)C)nc1)CCN2C. The Morgan fingerprint density at radius 3 is 2.68 bits per heavy atom. The molecule has 2 fully saturated rings. The van der Waals surface area contributed by atoms with E-state index >= 15 is 0 Å². The van der Waals surface area contributed by atoms with Crippen molar-refractivity contribution >= 4 is 5.91 Å². The van der Waals surface area contributed by atoms with Crippen molar-refractivity contribution in [2.24, 2.45) is 0 Å². The molecule has 1 aromatic heterocycles. The lowest BCUT2D eigenvalue weighted by Crippen LogP contribution is -2.63. The van der Waals surface area contributed by atoms with E-state index in [9.17, 15) is 4.79 Å². The van der Waals surface area contributed by atoms with Gasteiger partial charge in [0.1, 0.15) is 5.82 Å². The van der Waals surface area contributed by atoms with Crippen LogP contribution in [0, 0.1) is 0 Å². The second kappa shape index (κ2) is 8.43. The number of nitrogens with one attached hydrogen (secondary N) is 1. The predicted molar refractivity (Wildman–Crippen MR) is 110 cm³/mol. The van der Waals surface area contributed by atoms with E-state index in [0.29, 0.717) is 5.56 Å². The minimum atomic E-state index is -0.124. The summed E-state index contributed by atoms with van der Waals surface area (Å²) in [6, 6.07) is 0.137. The summed E-state index contributed by atoms with van der Waals surface area (Å²) in [6.07, 6.45) is 6.53. The van der Waals surface area contributed by atoms with Gasteiger partial charge < -0.3 is 10.1 Å². The Hall–Kier alpha value is -1.57. The van der Waals surface area contributed by atoms with Crippen LogP contribution in [-0.4, -0.2) is 84.2 Å². The number of hydrogen-bond donors (Lipinski definition) is 1. The van der Waals surface area contributed by atoms with Crippen molar-refractivity contribution in [1.29, 1.82) is 0 Å². The van der Waals surface area contributed by atoms with E-state index in [2.05, 4.69) is 52.9 Å². The van der Waals surface area contributed by atoms with Gasteiger partial charge in [0.05, 0.1) is 17.7 Å². The minimum Gasteiger partial charge on any atom is -0.383 e. The molecule has 0 aromatic carbocycles. The van der Waals surface area contributed by atoms with Crippen LogP contribution in [0.1, 0.15) is 56.2 Å². The van der Waals surface area contributed by atoms with Gasteiger partial charge >= 0.3 is 0 Å². The maximum absolute atomic E-state index is 12.9. The molecule has 1 aromatic rings. The highest BCUT2D eigenvalue weighted by molar-refractivity contribution is 5.93. The highest BCUT2D eigenvalue weighted by atomic mass is 16.5. The molecule has 2 saturated heterocycles. The van der Waals surface area contributed by atoms with Crippen LogP contribution >= 0.6 is 0 Å². The standard InChI is InChI=1S/C21H35N5O2/c1-20(2,3)19-22-13-16(14-23-19)18(27)24-17-7-10-25(4)21(17)8-6-9-26(15-21)11-12-28-5/h13-14,17H,6-12,15H2,1-5H3,(H,24,27). The van der Waals surface area contributed by atoms with E-state index in [-0.39, 0.29) is 22.9 Å². The first-order chi connectivity index (χ1) is 13.3. The third kappa shape index (κ3) is 4.36. The molecule has 0 radical (unpaired) electrons. The summed E-state index contributed by atoms with van der Waals surface area (Å²) < 4.78 is 5.27. The van der Waals surface area contributed by atoms with Gasteiger partial charge in [0.15, 0.2) is 0 Å². The number of rotatable bonds is 5. The van der Waals surface area contributed by atoms with Crippen molar-refractivity contribution in [2.45, 2.75) is 57.0 Å². The molecule has 2 aliphatic rings. The van der Waals surface area contributed by atoms with Crippen molar-refractivity contribution in [3.05, 3.63) is 23.8 Å². The number of aromatic nitrogens is 2. The van der Waals surface area contributed by atoms with Gasteiger partial charge in [0, 0.05) is 50.6 Å². The molecule has 2 unspecified atom stereocenters. The topological polar surface area (TPSA) is 70.6 Å². The van der Waals surface area contributed by atoms with E-state index < -0.39 is 0 Å². The van der Waals surface area contributed by atoms with Gasteiger partial charge in [-0.15, -0.1) is 0 Å². The van der Waals surface area contributed by atoms with Gasteiger partial charge in [-0.1, -0.05) is 20.8 Å². The fourth-order valence-electron chi connectivity index (χ4n) is 4.52. The van der Waals surface area contributed by atoms with Crippen molar-refractivity contribution in [3.8, 4) is 0 Å². The molecule has 1 spiro atoms. The van der Waals surface area contributed by atoms with Crippen molar-refractivity contribution in [3.63, 3.8) is 0 Å². The molecule has 1 N–H and O–H groups in total. The molecule has 28 heavy (non-hydrogen) atoms. The summed E-state index contributed by atoms with van der Waals surface area (Å²) >= 11 is 0. The van der Waals surface area contributed by atoms with Crippen LogP contribution in [0.5, 0.6) is 0 Å². The predicted octanol–water partition coefficient (Wildman–Crippen LogP) is 1.69. The van der Waals surface area contributed by atoms with E-state index in [1.807, 2.05) is 0 Å². The summed E-state index contributed by atoms with van der Waals surface area (Å²) in [5, 5.41) is 3.30. The molecule has 1 amide bonds. The van der Waals surface area contributed by atoms with Crippen LogP contribution in [0.2, 0.25) is 0 Å². The largest absolute Gasteiger partial charge is 0.383 e. The normalized spacial score (nSPS) is 26.7. The highest BCUT2D eigenvalue weighted by Gasteiger charge is 2.49. The average molecular weight is 390 g/mol. The molecule has 3 rings (SSSR count). The van der Waals surface area contributed by atoms with Crippen molar-refractivity contribution in [1.82, 2.24) is 25.1 Å². The Morgan fingerprint density at radius 1 is 1.32 bits per heavy atom. The average Bonchev–Trinajstić information content (AvgIpc) is 2.95. The first kappa shape index (κ1) is 21.1. The number of amides is 1. The zero-order valence-corrected chi connectivity index (χ0v) is 18.0. The van der Waals surface area contributed by atoms with Crippen LogP contribution in [0.3, 0.4) is 0 Å². The summed E-state index contributed by atoms with van der Waals surface area (Å²) in [7, 11) is 3.94. The molecule has 0 bridgehead atoms. The monoisotopic (exact) mass is 389 g/mol. The maximum Gasteiger partial charge on any atom is 0.254 e. The second-order valence-corrected chi connectivity index (χ2v) is 9.26. The van der Waals surface area contributed by atoms with Crippen molar-refractivity contribution in [2.75, 3.05) is 46.9 Å². The molecule has 2 aliphatic heterocycles. The number of hydrogen-bond acceptors (Lipinski definition) is 6. The third-order valence-corrected chi connectivity index (χ3v) is 6.25. The van der Waals surface area contributed by atoms with Gasteiger partial charge in [-0.05, 0) is 32.9 Å². The fourth-order valence-corrected chi connectivity index (χ4v) is 4.52. The minimum absolute atomic E-state index is 0.00609. The molecular formula is C21H35N5O2.